The van der Waals surface area contributed by atoms with Gasteiger partial charge in [-0.15, -0.1) is 12.4 Å². The summed E-state index contributed by atoms with van der Waals surface area (Å²) in [4.78, 5) is 18.8. The van der Waals surface area contributed by atoms with Crippen molar-refractivity contribution in [1.82, 2.24) is 9.88 Å². The number of anilines is 2. The summed E-state index contributed by atoms with van der Waals surface area (Å²) in [6, 6.07) is 13.6. The van der Waals surface area contributed by atoms with E-state index >= 15 is 0 Å². The third kappa shape index (κ3) is 4.45. The molecule has 1 aliphatic heterocycles. The van der Waals surface area contributed by atoms with E-state index < -0.39 is 0 Å². The fraction of sp³-hybridized carbons (Fsp3) is 0.333. The van der Waals surface area contributed by atoms with Crippen molar-refractivity contribution in [2.45, 2.75) is 19.8 Å². The molecule has 0 saturated carbocycles. The van der Waals surface area contributed by atoms with Crippen LogP contribution in [0.1, 0.15) is 30.1 Å². The summed E-state index contributed by atoms with van der Waals surface area (Å²) in [5.74, 6) is 1.42. The van der Waals surface area contributed by atoms with Gasteiger partial charge in [-0.25, -0.2) is 4.98 Å². The van der Waals surface area contributed by atoms with Gasteiger partial charge in [0.1, 0.15) is 5.82 Å². The number of hydrogen-bond acceptors (Lipinski definition) is 3. The monoisotopic (exact) mass is 331 g/mol. The molecule has 23 heavy (non-hydrogen) atoms. The fourth-order valence-corrected chi connectivity index (χ4v) is 2.82. The number of nitrogens with zero attached hydrogens (tertiary/aromatic N) is 2. The third-order valence-electron chi connectivity index (χ3n) is 4.00. The number of amides is 1. The predicted octanol–water partition coefficient (Wildman–Crippen LogP) is 4.12. The molecule has 0 bridgehead atoms. The molecule has 1 aromatic carbocycles. The van der Waals surface area contributed by atoms with Gasteiger partial charge in [0.2, 0.25) is 0 Å². The highest BCUT2D eigenvalue weighted by Gasteiger charge is 2.22. The average Bonchev–Trinajstić information content (AvgIpc) is 2.56. The number of benzene rings is 1. The van der Waals surface area contributed by atoms with E-state index in [0.29, 0.717) is 11.5 Å². The Bertz CT molecular complexity index is 630. The fourth-order valence-electron chi connectivity index (χ4n) is 2.82. The van der Waals surface area contributed by atoms with Gasteiger partial charge < -0.3 is 10.2 Å². The smallest absolute Gasteiger partial charge is 0.255 e. The van der Waals surface area contributed by atoms with E-state index in [0.717, 1.165) is 31.0 Å². The maximum Gasteiger partial charge on any atom is 0.255 e. The Hall–Kier alpha value is -2.07. The van der Waals surface area contributed by atoms with Gasteiger partial charge >= 0.3 is 0 Å². The van der Waals surface area contributed by atoms with Crippen LogP contribution in [-0.4, -0.2) is 28.9 Å². The molecule has 4 nitrogen and oxygen atoms in total. The van der Waals surface area contributed by atoms with Crippen molar-refractivity contribution in [3.05, 3.63) is 54.2 Å². The van der Waals surface area contributed by atoms with Crippen LogP contribution in [0.3, 0.4) is 0 Å². The summed E-state index contributed by atoms with van der Waals surface area (Å²) in [5, 5.41) is 3.22. The van der Waals surface area contributed by atoms with Crippen molar-refractivity contribution in [3.8, 4) is 0 Å². The van der Waals surface area contributed by atoms with Crippen LogP contribution in [0, 0.1) is 5.92 Å². The minimum absolute atomic E-state index is 0. The number of nitrogens with one attached hydrogen (secondary N) is 1. The van der Waals surface area contributed by atoms with E-state index in [1.54, 1.807) is 6.20 Å². The molecule has 0 spiro atoms. The van der Waals surface area contributed by atoms with Gasteiger partial charge in [0.25, 0.3) is 5.91 Å². The zero-order valence-corrected chi connectivity index (χ0v) is 14.1. The Balaban J connectivity index is 0.00000192. The number of likely N-dealkylation sites (tertiary alicyclic amines) is 1. The second-order valence-electron chi connectivity index (χ2n) is 5.92. The van der Waals surface area contributed by atoms with E-state index in [1.165, 1.54) is 6.42 Å². The first-order valence-corrected chi connectivity index (χ1v) is 7.80. The van der Waals surface area contributed by atoms with Crippen LogP contribution in [0.4, 0.5) is 11.5 Å². The van der Waals surface area contributed by atoms with E-state index in [1.807, 2.05) is 47.4 Å². The van der Waals surface area contributed by atoms with Crippen LogP contribution < -0.4 is 5.32 Å². The van der Waals surface area contributed by atoms with E-state index in [9.17, 15) is 4.79 Å². The molecule has 3 rings (SSSR count). The highest BCUT2D eigenvalue weighted by Crippen LogP contribution is 2.19. The SMILES string of the molecule is CC1CCCN(C(=O)c2ccc(Nc3ccccc3)nc2)C1.Cl. The summed E-state index contributed by atoms with van der Waals surface area (Å²) >= 11 is 0. The topological polar surface area (TPSA) is 45.2 Å². The second kappa shape index (κ2) is 7.97. The van der Waals surface area contributed by atoms with E-state index in [2.05, 4.69) is 17.2 Å². The molecule has 1 aromatic heterocycles. The van der Waals surface area contributed by atoms with Crippen molar-refractivity contribution < 1.29 is 4.79 Å². The minimum atomic E-state index is 0. The lowest BCUT2D eigenvalue weighted by atomic mass is 10.00. The van der Waals surface area contributed by atoms with Gasteiger partial charge in [-0.3, -0.25) is 4.79 Å². The number of pyridine rings is 1. The molecule has 1 saturated heterocycles. The first kappa shape index (κ1) is 17.3. The van der Waals surface area contributed by atoms with Crippen LogP contribution in [-0.2, 0) is 0 Å². The van der Waals surface area contributed by atoms with Gasteiger partial charge in [-0.1, -0.05) is 25.1 Å². The summed E-state index contributed by atoms with van der Waals surface area (Å²) in [7, 11) is 0. The Morgan fingerprint density at radius 2 is 2.00 bits per heavy atom. The number of halogens is 1. The molecule has 2 aromatic rings. The lowest BCUT2D eigenvalue weighted by Crippen LogP contribution is -2.39. The normalized spacial score (nSPS) is 17.3. The Morgan fingerprint density at radius 3 is 2.65 bits per heavy atom. The number of carbonyl (C=O) groups excluding carboxylic acids is 1. The van der Waals surface area contributed by atoms with Crippen molar-refractivity contribution in [1.29, 1.82) is 0 Å². The Labute approximate surface area is 143 Å². The molecule has 122 valence electrons. The van der Waals surface area contributed by atoms with Crippen LogP contribution in [0.5, 0.6) is 0 Å². The number of aromatic nitrogens is 1. The van der Waals surface area contributed by atoms with Gasteiger partial charge in [0.05, 0.1) is 5.56 Å². The van der Waals surface area contributed by atoms with Gasteiger partial charge in [0, 0.05) is 25.0 Å². The van der Waals surface area contributed by atoms with E-state index in [-0.39, 0.29) is 18.3 Å². The molecule has 1 N–H and O–H groups in total. The highest BCUT2D eigenvalue weighted by molar-refractivity contribution is 5.94. The number of hydrogen-bond donors (Lipinski definition) is 1. The highest BCUT2D eigenvalue weighted by atomic mass is 35.5. The first-order chi connectivity index (χ1) is 10.7. The lowest BCUT2D eigenvalue weighted by molar-refractivity contribution is 0.0682. The summed E-state index contributed by atoms with van der Waals surface area (Å²) in [6.45, 7) is 3.90. The van der Waals surface area contributed by atoms with Crippen LogP contribution in [0.15, 0.2) is 48.7 Å². The Kier molecular flexibility index (Phi) is 5.99. The molecule has 1 atom stereocenters. The van der Waals surface area contributed by atoms with Crippen molar-refractivity contribution in [2.75, 3.05) is 18.4 Å². The molecule has 1 amide bonds. The maximum absolute atomic E-state index is 12.5. The van der Waals surface area contributed by atoms with Gasteiger partial charge in [-0.05, 0) is 43.0 Å². The first-order valence-electron chi connectivity index (χ1n) is 7.80. The minimum Gasteiger partial charge on any atom is -0.340 e. The summed E-state index contributed by atoms with van der Waals surface area (Å²) in [6.07, 6.45) is 3.96. The van der Waals surface area contributed by atoms with Gasteiger partial charge in [0.15, 0.2) is 0 Å². The summed E-state index contributed by atoms with van der Waals surface area (Å²) < 4.78 is 0. The second-order valence-corrected chi connectivity index (χ2v) is 5.92. The largest absolute Gasteiger partial charge is 0.340 e. The van der Waals surface area contributed by atoms with Crippen LogP contribution in [0.2, 0.25) is 0 Å². The zero-order chi connectivity index (χ0) is 15.4. The van der Waals surface area contributed by atoms with Crippen molar-refractivity contribution in [2.24, 2.45) is 5.92 Å². The van der Waals surface area contributed by atoms with Crippen LogP contribution >= 0.6 is 12.4 Å². The number of para-hydroxylation sites is 1. The average molecular weight is 332 g/mol. The maximum atomic E-state index is 12.5. The molecule has 1 fully saturated rings. The van der Waals surface area contributed by atoms with Crippen molar-refractivity contribution >= 4 is 29.8 Å². The van der Waals surface area contributed by atoms with Gasteiger partial charge in [-0.2, -0.15) is 0 Å². The molecule has 5 heteroatoms. The number of carbonyl (C=O) groups is 1. The lowest BCUT2D eigenvalue weighted by Gasteiger charge is -2.30. The number of piperidine rings is 1. The van der Waals surface area contributed by atoms with Crippen molar-refractivity contribution in [3.63, 3.8) is 0 Å². The number of rotatable bonds is 3. The molecular weight excluding hydrogens is 310 g/mol. The molecule has 1 aliphatic rings. The standard InChI is InChI=1S/C18H21N3O.ClH/c1-14-6-5-11-21(13-14)18(22)15-9-10-17(19-12-15)20-16-7-3-2-4-8-16;/h2-4,7-10,12,14H,5-6,11,13H2,1H3,(H,19,20);1H. The molecule has 0 radical (unpaired) electrons. The molecule has 0 aliphatic carbocycles. The molecular formula is C18H22ClN3O. The zero-order valence-electron chi connectivity index (χ0n) is 13.2. The quantitative estimate of drug-likeness (QED) is 0.920. The van der Waals surface area contributed by atoms with E-state index in [4.69, 9.17) is 0 Å². The predicted molar refractivity (Wildman–Crippen MR) is 95.5 cm³/mol. The Morgan fingerprint density at radius 1 is 1.22 bits per heavy atom. The van der Waals surface area contributed by atoms with Crippen LogP contribution in [0.25, 0.3) is 0 Å². The molecule has 2 heterocycles. The summed E-state index contributed by atoms with van der Waals surface area (Å²) in [5.41, 5.74) is 1.65. The molecule has 1 unspecified atom stereocenters. The third-order valence-corrected chi connectivity index (χ3v) is 4.00.